The maximum absolute atomic E-state index is 5.52. The van der Waals surface area contributed by atoms with E-state index in [1.165, 1.54) is 53.6 Å². The highest BCUT2D eigenvalue weighted by Gasteiger charge is 2.02. The zero-order valence-electron chi connectivity index (χ0n) is 17.9. The van der Waals surface area contributed by atoms with Crippen LogP contribution in [0.4, 0.5) is 0 Å². The van der Waals surface area contributed by atoms with Gasteiger partial charge < -0.3 is 4.74 Å². The van der Waals surface area contributed by atoms with Gasteiger partial charge in [-0.3, -0.25) is 4.98 Å². The van der Waals surface area contributed by atoms with Gasteiger partial charge in [-0.25, -0.2) is 0 Å². The van der Waals surface area contributed by atoms with Crippen molar-refractivity contribution >= 4 is 0 Å². The lowest BCUT2D eigenvalue weighted by atomic mass is 10.0. The van der Waals surface area contributed by atoms with Gasteiger partial charge in [-0.15, -0.1) is 0 Å². The Bertz CT molecular complexity index is 835. The predicted molar refractivity (Wildman–Crippen MR) is 123 cm³/mol. The van der Waals surface area contributed by atoms with Gasteiger partial charge in [0.05, 0.1) is 6.61 Å². The molecule has 29 heavy (non-hydrogen) atoms. The molecule has 2 aromatic carbocycles. The van der Waals surface area contributed by atoms with Crippen LogP contribution in [0, 0.1) is 0 Å². The number of hydrogen-bond acceptors (Lipinski definition) is 2. The SMILES string of the molecule is CCCCCCc1ccc(CCc2ccc(-c3ccc(OCC)cc3)cc2)nc1. The normalized spacial score (nSPS) is 10.8. The van der Waals surface area contributed by atoms with E-state index >= 15 is 0 Å². The molecule has 1 aromatic heterocycles. The summed E-state index contributed by atoms with van der Waals surface area (Å²) in [6, 6.07) is 21.6. The first kappa shape index (κ1) is 21.1. The van der Waals surface area contributed by atoms with Crippen LogP contribution in [0.3, 0.4) is 0 Å². The van der Waals surface area contributed by atoms with E-state index < -0.39 is 0 Å². The van der Waals surface area contributed by atoms with Crippen LogP contribution in [0.1, 0.15) is 56.4 Å². The van der Waals surface area contributed by atoms with Crippen LogP contribution in [0.5, 0.6) is 5.75 Å². The van der Waals surface area contributed by atoms with Crippen molar-refractivity contribution < 1.29 is 4.74 Å². The molecule has 0 radical (unpaired) electrons. The molecule has 1 heterocycles. The predicted octanol–water partition coefficient (Wildman–Crippen LogP) is 7.06. The minimum absolute atomic E-state index is 0.699. The van der Waals surface area contributed by atoms with Gasteiger partial charge in [0, 0.05) is 11.9 Å². The van der Waals surface area contributed by atoms with Crippen molar-refractivity contribution in [3.8, 4) is 16.9 Å². The zero-order chi connectivity index (χ0) is 20.3. The average Bonchev–Trinajstić information content (AvgIpc) is 2.77. The topological polar surface area (TPSA) is 22.1 Å². The van der Waals surface area contributed by atoms with Crippen LogP contribution in [0.15, 0.2) is 66.9 Å². The van der Waals surface area contributed by atoms with E-state index in [1.807, 2.05) is 19.1 Å². The molecule has 0 fully saturated rings. The van der Waals surface area contributed by atoms with E-state index in [2.05, 4.69) is 66.6 Å². The molecule has 0 bridgehead atoms. The molecule has 0 amide bonds. The van der Waals surface area contributed by atoms with Gasteiger partial charge in [-0.2, -0.15) is 0 Å². The lowest BCUT2D eigenvalue weighted by Gasteiger charge is -2.07. The molecular formula is C27H33NO. The Morgan fingerprint density at radius 3 is 1.97 bits per heavy atom. The van der Waals surface area contributed by atoms with Crippen molar-refractivity contribution in [2.24, 2.45) is 0 Å². The smallest absolute Gasteiger partial charge is 0.119 e. The fourth-order valence-electron chi connectivity index (χ4n) is 3.55. The van der Waals surface area contributed by atoms with Crippen LogP contribution in [-0.4, -0.2) is 11.6 Å². The van der Waals surface area contributed by atoms with Gasteiger partial charge in [-0.05, 0) is 73.1 Å². The summed E-state index contributed by atoms with van der Waals surface area (Å²) in [4.78, 5) is 4.67. The molecule has 3 rings (SSSR count). The van der Waals surface area contributed by atoms with E-state index in [-0.39, 0.29) is 0 Å². The van der Waals surface area contributed by atoms with E-state index in [9.17, 15) is 0 Å². The molecule has 152 valence electrons. The van der Waals surface area contributed by atoms with Crippen molar-refractivity contribution in [2.75, 3.05) is 6.61 Å². The Balaban J connectivity index is 1.49. The molecular weight excluding hydrogens is 354 g/mol. The highest BCUT2D eigenvalue weighted by atomic mass is 16.5. The molecule has 0 saturated carbocycles. The van der Waals surface area contributed by atoms with E-state index in [1.54, 1.807) is 0 Å². The molecule has 3 aromatic rings. The van der Waals surface area contributed by atoms with E-state index in [0.29, 0.717) is 6.61 Å². The minimum atomic E-state index is 0.699. The Morgan fingerprint density at radius 1 is 0.655 bits per heavy atom. The lowest BCUT2D eigenvalue weighted by molar-refractivity contribution is 0.340. The molecule has 0 N–H and O–H groups in total. The number of aryl methyl sites for hydroxylation is 3. The van der Waals surface area contributed by atoms with Gasteiger partial charge in [0.15, 0.2) is 0 Å². The molecule has 0 atom stereocenters. The third-order valence-electron chi connectivity index (χ3n) is 5.33. The van der Waals surface area contributed by atoms with Crippen LogP contribution >= 0.6 is 0 Å². The second-order valence-electron chi connectivity index (χ2n) is 7.62. The Morgan fingerprint density at radius 2 is 1.34 bits per heavy atom. The monoisotopic (exact) mass is 387 g/mol. The van der Waals surface area contributed by atoms with Gasteiger partial charge in [0.1, 0.15) is 5.75 Å². The molecule has 0 unspecified atom stereocenters. The third-order valence-corrected chi connectivity index (χ3v) is 5.33. The highest BCUT2D eigenvalue weighted by Crippen LogP contribution is 2.23. The molecule has 0 saturated heterocycles. The van der Waals surface area contributed by atoms with Crippen molar-refractivity contribution in [1.29, 1.82) is 0 Å². The van der Waals surface area contributed by atoms with Crippen molar-refractivity contribution in [1.82, 2.24) is 4.98 Å². The number of aromatic nitrogens is 1. The number of benzene rings is 2. The standard InChI is InChI=1S/C27H33NO/c1-3-5-6-7-8-23-12-18-26(28-21-23)17-11-22-9-13-24(14-10-22)25-15-19-27(20-16-25)29-4-2/h9-10,12-16,18-21H,3-8,11,17H2,1-2H3. The van der Waals surface area contributed by atoms with E-state index in [0.717, 1.165) is 25.0 Å². The van der Waals surface area contributed by atoms with Gasteiger partial charge in [0.25, 0.3) is 0 Å². The molecule has 0 aliphatic carbocycles. The Kier molecular flexibility index (Phi) is 8.30. The summed E-state index contributed by atoms with van der Waals surface area (Å²) in [5, 5.41) is 0. The highest BCUT2D eigenvalue weighted by molar-refractivity contribution is 5.64. The fraction of sp³-hybridized carbons (Fsp3) is 0.370. The Labute approximate surface area is 176 Å². The molecule has 2 heteroatoms. The maximum Gasteiger partial charge on any atom is 0.119 e. The lowest BCUT2D eigenvalue weighted by Crippen LogP contribution is -1.96. The van der Waals surface area contributed by atoms with Crippen molar-refractivity contribution in [2.45, 2.75) is 58.8 Å². The van der Waals surface area contributed by atoms with Crippen molar-refractivity contribution in [3.63, 3.8) is 0 Å². The third kappa shape index (κ3) is 6.74. The Hall–Kier alpha value is -2.61. The number of rotatable bonds is 11. The quantitative estimate of drug-likeness (QED) is 0.329. The summed E-state index contributed by atoms with van der Waals surface area (Å²) in [5.74, 6) is 0.923. The summed E-state index contributed by atoms with van der Waals surface area (Å²) in [6.45, 7) is 4.96. The van der Waals surface area contributed by atoms with Crippen LogP contribution in [-0.2, 0) is 19.3 Å². The molecule has 0 aliphatic heterocycles. The van der Waals surface area contributed by atoms with E-state index in [4.69, 9.17) is 4.74 Å². The number of hydrogen-bond donors (Lipinski definition) is 0. The fourth-order valence-corrected chi connectivity index (χ4v) is 3.55. The number of unbranched alkanes of at least 4 members (excludes halogenated alkanes) is 3. The summed E-state index contributed by atoms with van der Waals surface area (Å²) >= 11 is 0. The number of ether oxygens (including phenoxy) is 1. The first-order valence-corrected chi connectivity index (χ1v) is 11.0. The summed E-state index contributed by atoms with van der Waals surface area (Å²) in [5.41, 5.74) is 6.35. The van der Waals surface area contributed by atoms with Gasteiger partial charge in [0.2, 0.25) is 0 Å². The summed E-state index contributed by atoms with van der Waals surface area (Å²) < 4.78 is 5.52. The van der Waals surface area contributed by atoms with Crippen molar-refractivity contribution in [3.05, 3.63) is 83.7 Å². The van der Waals surface area contributed by atoms with Crippen LogP contribution in [0.2, 0.25) is 0 Å². The summed E-state index contributed by atoms with van der Waals surface area (Å²) in [7, 11) is 0. The first-order chi connectivity index (χ1) is 14.3. The summed E-state index contributed by atoms with van der Waals surface area (Å²) in [6.07, 6.45) is 10.4. The molecule has 0 spiro atoms. The largest absolute Gasteiger partial charge is 0.494 e. The zero-order valence-corrected chi connectivity index (χ0v) is 17.9. The van der Waals surface area contributed by atoms with Gasteiger partial charge in [-0.1, -0.05) is 68.7 Å². The number of pyridine rings is 1. The van der Waals surface area contributed by atoms with Crippen LogP contribution < -0.4 is 4.74 Å². The second kappa shape index (κ2) is 11.4. The first-order valence-electron chi connectivity index (χ1n) is 11.0. The van der Waals surface area contributed by atoms with Crippen LogP contribution in [0.25, 0.3) is 11.1 Å². The minimum Gasteiger partial charge on any atom is -0.494 e. The number of nitrogens with zero attached hydrogens (tertiary/aromatic N) is 1. The second-order valence-corrected chi connectivity index (χ2v) is 7.62. The maximum atomic E-state index is 5.52. The molecule has 2 nitrogen and oxygen atoms in total. The van der Waals surface area contributed by atoms with Gasteiger partial charge >= 0.3 is 0 Å². The molecule has 0 aliphatic rings. The average molecular weight is 388 g/mol.